The molecule has 28 heavy (non-hydrogen) atoms. The van der Waals surface area contributed by atoms with Crippen LogP contribution in [0.4, 0.5) is 0 Å². The van der Waals surface area contributed by atoms with Crippen LogP contribution in [0.1, 0.15) is 17.8 Å². The van der Waals surface area contributed by atoms with Crippen LogP contribution < -0.4 is 4.74 Å². The molecule has 3 rings (SSSR count). The second-order valence-corrected chi connectivity index (χ2v) is 6.04. The highest BCUT2D eigenvalue weighted by Crippen LogP contribution is 2.19. The number of aliphatic hydroxyl groups excluding tert-OH is 1. The van der Waals surface area contributed by atoms with Gasteiger partial charge in [-0.05, 0) is 36.2 Å². The van der Waals surface area contributed by atoms with Crippen LogP contribution in [0.2, 0.25) is 0 Å². The topological polar surface area (TPSA) is 108 Å². The first-order chi connectivity index (χ1) is 13.6. The number of aryl methyl sites for hydroxylation is 1. The van der Waals surface area contributed by atoms with E-state index < -0.39 is 5.97 Å². The van der Waals surface area contributed by atoms with E-state index in [2.05, 4.69) is 9.97 Å². The maximum Gasteiger partial charge on any atom is 0.306 e. The Hall–Kier alpha value is -3.79. The van der Waals surface area contributed by atoms with Gasteiger partial charge in [0.05, 0.1) is 18.1 Å². The monoisotopic (exact) mass is 377 g/mol. The molecule has 0 atom stereocenters. The quantitative estimate of drug-likeness (QED) is 0.370. The summed E-state index contributed by atoms with van der Waals surface area (Å²) in [5.41, 5.74) is 2.33. The minimum absolute atomic E-state index is 0.0563. The van der Waals surface area contributed by atoms with Crippen molar-refractivity contribution in [3.63, 3.8) is 0 Å². The number of fused-ring (bicyclic) bond motifs is 1. The molecule has 0 radical (unpaired) electrons. The van der Waals surface area contributed by atoms with Gasteiger partial charge in [0.2, 0.25) is 0 Å². The van der Waals surface area contributed by atoms with Gasteiger partial charge in [0.1, 0.15) is 24.0 Å². The fourth-order valence-corrected chi connectivity index (χ4v) is 2.66. The third-order valence-corrected chi connectivity index (χ3v) is 4.17. The molecule has 0 aliphatic rings. The van der Waals surface area contributed by atoms with Gasteiger partial charge in [-0.1, -0.05) is 24.3 Å². The van der Waals surface area contributed by atoms with Crippen LogP contribution in [-0.4, -0.2) is 34.8 Å². The van der Waals surface area contributed by atoms with Crippen LogP contribution in [0.25, 0.3) is 16.6 Å². The molecule has 0 saturated carbocycles. The van der Waals surface area contributed by atoms with Gasteiger partial charge in [-0.3, -0.25) is 4.79 Å². The first kappa shape index (κ1) is 19.0. The Balaban J connectivity index is 1.59. The minimum atomic E-state index is -0.468. The molecule has 7 nitrogen and oxygen atoms in total. The van der Waals surface area contributed by atoms with Crippen LogP contribution in [0.5, 0.6) is 5.75 Å². The Morgan fingerprint density at radius 3 is 2.64 bits per heavy atom. The normalized spacial score (nSPS) is 11.6. The highest BCUT2D eigenvalue weighted by Gasteiger charge is 2.15. The number of nitrogens with zero attached hydrogens (tertiary/aromatic N) is 2. The number of para-hydroxylation sites is 2. The van der Waals surface area contributed by atoms with E-state index in [0.29, 0.717) is 11.9 Å². The molecule has 3 aromatic rings. The Labute approximate surface area is 161 Å². The summed E-state index contributed by atoms with van der Waals surface area (Å²) in [6.07, 6.45) is 0.661. The van der Waals surface area contributed by atoms with E-state index in [1.54, 1.807) is 13.2 Å². The van der Waals surface area contributed by atoms with Crippen molar-refractivity contribution >= 4 is 22.6 Å². The zero-order chi connectivity index (χ0) is 19.9. The highest BCUT2D eigenvalue weighted by atomic mass is 16.5. The molecule has 2 N–H and O–H groups in total. The Kier molecular flexibility index (Phi) is 5.92. The van der Waals surface area contributed by atoms with Gasteiger partial charge in [-0.15, -0.1) is 0 Å². The van der Waals surface area contributed by atoms with Crippen LogP contribution >= 0.6 is 0 Å². The Morgan fingerprint density at radius 1 is 1.21 bits per heavy atom. The number of esters is 1. The summed E-state index contributed by atoms with van der Waals surface area (Å²) >= 11 is 0. The molecule has 0 amide bonds. The maximum absolute atomic E-state index is 11.9. The molecule has 1 heterocycles. The standard InChI is InChI=1S/C21H19N3O4/c1-27-15-9-6-14(7-10-15)8-11-20(26)28-13-19(25)16(12-22)21-23-17-4-2-3-5-18(17)24-21/h2-7,9-10,25H,8,11,13H2,1H3,(H,23,24). The summed E-state index contributed by atoms with van der Waals surface area (Å²) in [6.45, 7) is -0.388. The van der Waals surface area contributed by atoms with Crippen molar-refractivity contribution in [3.8, 4) is 11.8 Å². The molecule has 0 bridgehead atoms. The number of hydrogen-bond acceptors (Lipinski definition) is 6. The van der Waals surface area contributed by atoms with Gasteiger partial charge in [0.15, 0.2) is 11.6 Å². The summed E-state index contributed by atoms with van der Waals surface area (Å²) in [6, 6.07) is 16.6. The number of H-pyrrole nitrogens is 1. The molecule has 0 spiro atoms. The first-order valence-electron chi connectivity index (χ1n) is 8.66. The lowest BCUT2D eigenvalue weighted by Gasteiger charge is -2.06. The number of rotatable bonds is 7. The molecule has 0 aliphatic heterocycles. The fourth-order valence-electron chi connectivity index (χ4n) is 2.66. The molecule has 7 heteroatoms. The van der Waals surface area contributed by atoms with Gasteiger partial charge in [-0.25, -0.2) is 4.98 Å². The summed E-state index contributed by atoms with van der Waals surface area (Å²) < 4.78 is 10.2. The number of carbonyl (C=O) groups excluding carboxylic acids is 1. The fraction of sp³-hybridized carbons (Fsp3) is 0.190. The number of aromatic amines is 1. The van der Waals surface area contributed by atoms with Gasteiger partial charge >= 0.3 is 5.97 Å². The van der Waals surface area contributed by atoms with Gasteiger partial charge in [0, 0.05) is 6.42 Å². The number of aromatic nitrogens is 2. The average molecular weight is 377 g/mol. The molecule has 142 valence electrons. The van der Waals surface area contributed by atoms with E-state index in [0.717, 1.165) is 16.8 Å². The lowest BCUT2D eigenvalue weighted by Crippen LogP contribution is -2.09. The van der Waals surface area contributed by atoms with Gasteiger partial charge in [-0.2, -0.15) is 5.26 Å². The molecule has 2 aromatic carbocycles. The number of carbonyl (C=O) groups is 1. The molecular weight excluding hydrogens is 358 g/mol. The third kappa shape index (κ3) is 4.48. The predicted octanol–water partition coefficient (Wildman–Crippen LogP) is 3.54. The summed E-state index contributed by atoms with van der Waals surface area (Å²) in [7, 11) is 1.59. The van der Waals surface area contributed by atoms with E-state index in [1.807, 2.05) is 48.5 Å². The SMILES string of the molecule is COc1ccc(CCC(=O)OCC(O)=C(C#N)c2nc3ccccc3[nH]2)cc1. The van der Waals surface area contributed by atoms with Crippen LogP contribution in [0, 0.1) is 11.3 Å². The number of nitriles is 1. The number of hydrogen-bond donors (Lipinski definition) is 2. The molecular formula is C21H19N3O4. The van der Waals surface area contributed by atoms with E-state index in [-0.39, 0.29) is 30.2 Å². The largest absolute Gasteiger partial charge is 0.507 e. The number of allylic oxidation sites excluding steroid dienone is 1. The summed E-state index contributed by atoms with van der Waals surface area (Å²) in [5, 5.41) is 19.5. The van der Waals surface area contributed by atoms with E-state index in [9.17, 15) is 15.2 Å². The van der Waals surface area contributed by atoms with E-state index >= 15 is 0 Å². The number of imidazole rings is 1. The third-order valence-electron chi connectivity index (χ3n) is 4.17. The molecule has 0 aliphatic carbocycles. The van der Waals surface area contributed by atoms with Crippen LogP contribution in [0.3, 0.4) is 0 Å². The summed E-state index contributed by atoms with van der Waals surface area (Å²) in [4.78, 5) is 19.2. The number of benzene rings is 2. The Morgan fingerprint density at radius 2 is 1.96 bits per heavy atom. The lowest BCUT2D eigenvalue weighted by atomic mass is 10.1. The van der Waals surface area contributed by atoms with Crippen molar-refractivity contribution < 1.29 is 19.4 Å². The predicted molar refractivity (Wildman–Crippen MR) is 104 cm³/mol. The summed E-state index contributed by atoms with van der Waals surface area (Å²) in [5.74, 6) is 0.162. The molecule has 0 saturated heterocycles. The van der Waals surface area contributed by atoms with Crippen molar-refractivity contribution in [2.75, 3.05) is 13.7 Å². The average Bonchev–Trinajstić information content (AvgIpc) is 3.15. The zero-order valence-corrected chi connectivity index (χ0v) is 15.3. The van der Waals surface area contributed by atoms with Crippen molar-refractivity contribution in [2.45, 2.75) is 12.8 Å². The number of ether oxygens (including phenoxy) is 2. The highest BCUT2D eigenvalue weighted by molar-refractivity contribution is 5.83. The zero-order valence-electron chi connectivity index (χ0n) is 15.3. The van der Waals surface area contributed by atoms with Gasteiger partial charge in [0.25, 0.3) is 0 Å². The van der Waals surface area contributed by atoms with Crippen molar-refractivity contribution in [3.05, 3.63) is 65.7 Å². The number of nitrogens with one attached hydrogen (secondary N) is 1. The molecule has 0 unspecified atom stereocenters. The first-order valence-corrected chi connectivity index (χ1v) is 8.66. The molecule has 1 aromatic heterocycles. The lowest BCUT2D eigenvalue weighted by molar-refractivity contribution is -0.143. The second kappa shape index (κ2) is 8.73. The van der Waals surface area contributed by atoms with Gasteiger partial charge < -0.3 is 19.6 Å². The maximum atomic E-state index is 11.9. The number of methoxy groups -OCH3 is 1. The van der Waals surface area contributed by atoms with E-state index in [1.165, 1.54) is 0 Å². The smallest absolute Gasteiger partial charge is 0.306 e. The van der Waals surface area contributed by atoms with Crippen LogP contribution in [-0.2, 0) is 16.0 Å². The minimum Gasteiger partial charge on any atom is -0.507 e. The van der Waals surface area contributed by atoms with Crippen molar-refractivity contribution in [2.24, 2.45) is 0 Å². The Bertz CT molecular complexity index is 1010. The van der Waals surface area contributed by atoms with Crippen molar-refractivity contribution in [1.29, 1.82) is 5.26 Å². The second-order valence-electron chi connectivity index (χ2n) is 6.04. The van der Waals surface area contributed by atoms with E-state index in [4.69, 9.17) is 9.47 Å². The van der Waals surface area contributed by atoms with Crippen molar-refractivity contribution in [1.82, 2.24) is 9.97 Å². The number of aliphatic hydroxyl groups is 1. The van der Waals surface area contributed by atoms with Crippen LogP contribution in [0.15, 0.2) is 54.3 Å². The molecule has 0 fully saturated rings.